The minimum Gasteiger partial charge on any atom is -0.366 e. The number of hydrogen-bond donors (Lipinski definition) is 0. The van der Waals surface area contributed by atoms with E-state index in [0.29, 0.717) is 35.7 Å². The highest BCUT2D eigenvalue weighted by Crippen LogP contribution is 2.34. The minimum atomic E-state index is -0.361. The van der Waals surface area contributed by atoms with Gasteiger partial charge in [0.25, 0.3) is 11.8 Å². The highest BCUT2D eigenvalue weighted by molar-refractivity contribution is 6.35. The standard InChI is InChI=1S/C24H25FN2O2/c1-17-6-5-14-26(16-17)22-21(19-9-11-20(25)12-10-19)23(28)27(24(22)29)15-13-18-7-3-2-4-8-18/h2-4,7-12,17H,5-6,13-16H2,1H3. The molecule has 2 aliphatic heterocycles. The summed E-state index contributed by atoms with van der Waals surface area (Å²) in [6.07, 6.45) is 2.72. The smallest absolute Gasteiger partial charge is 0.277 e. The van der Waals surface area contributed by atoms with E-state index in [1.165, 1.54) is 17.0 Å². The van der Waals surface area contributed by atoms with Gasteiger partial charge in [0.2, 0.25) is 0 Å². The zero-order valence-corrected chi connectivity index (χ0v) is 16.6. The number of piperidine rings is 1. The van der Waals surface area contributed by atoms with Gasteiger partial charge in [0.1, 0.15) is 11.5 Å². The molecule has 4 nitrogen and oxygen atoms in total. The molecule has 4 rings (SSSR count). The van der Waals surface area contributed by atoms with Crippen LogP contribution in [-0.2, 0) is 16.0 Å². The molecule has 0 aliphatic carbocycles. The third-order valence-corrected chi connectivity index (χ3v) is 5.72. The summed E-state index contributed by atoms with van der Waals surface area (Å²) < 4.78 is 13.4. The Morgan fingerprint density at radius 1 is 1.00 bits per heavy atom. The molecule has 1 atom stereocenters. The zero-order valence-electron chi connectivity index (χ0n) is 16.6. The largest absolute Gasteiger partial charge is 0.366 e. The molecule has 0 N–H and O–H groups in total. The maximum absolute atomic E-state index is 13.4. The Morgan fingerprint density at radius 2 is 1.72 bits per heavy atom. The molecule has 29 heavy (non-hydrogen) atoms. The van der Waals surface area contributed by atoms with Gasteiger partial charge in [-0.1, -0.05) is 49.4 Å². The number of halogens is 1. The van der Waals surface area contributed by atoms with Gasteiger partial charge in [-0.05, 0) is 48.4 Å². The van der Waals surface area contributed by atoms with Crippen LogP contribution in [0.4, 0.5) is 4.39 Å². The molecule has 1 unspecified atom stereocenters. The Hall–Kier alpha value is -2.95. The maximum atomic E-state index is 13.4. The number of amides is 2. The second kappa shape index (κ2) is 8.19. The van der Waals surface area contributed by atoms with Crippen LogP contribution in [-0.4, -0.2) is 41.2 Å². The first-order valence-corrected chi connectivity index (χ1v) is 10.2. The Balaban J connectivity index is 1.66. The Labute approximate surface area is 170 Å². The van der Waals surface area contributed by atoms with Crippen LogP contribution in [0.25, 0.3) is 5.57 Å². The summed E-state index contributed by atoms with van der Waals surface area (Å²) in [5.41, 5.74) is 2.55. The van der Waals surface area contributed by atoms with Crippen LogP contribution in [0.15, 0.2) is 60.3 Å². The van der Waals surface area contributed by atoms with Crippen molar-refractivity contribution < 1.29 is 14.0 Å². The first kappa shape index (κ1) is 19.4. The van der Waals surface area contributed by atoms with Gasteiger partial charge in [-0.3, -0.25) is 14.5 Å². The van der Waals surface area contributed by atoms with E-state index in [4.69, 9.17) is 0 Å². The number of imide groups is 1. The van der Waals surface area contributed by atoms with E-state index < -0.39 is 0 Å². The molecule has 2 aromatic carbocycles. The third kappa shape index (κ3) is 3.95. The van der Waals surface area contributed by atoms with E-state index in [9.17, 15) is 14.0 Å². The highest BCUT2D eigenvalue weighted by atomic mass is 19.1. The monoisotopic (exact) mass is 392 g/mol. The van der Waals surface area contributed by atoms with Crippen molar-refractivity contribution in [3.63, 3.8) is 0 Å². The molecule has 2 aromatic rings. The zero-order chi connectivity index (χ0) is 20.4. The highest BCUT2D eigenvalue weighted by Gasteiger charge is 2.41. The molecule has 2 aliphatic rings. The Morgan fingerprint density at radius 3 is 2.41 bits per heavy atom. The summed E-state index contributed by atoms with van der Waals surface area (Å²) in [4.78, 5) is 30.0. The molecule has 0 saturated carbocycles. The van der Waals surface area contributed by atoms with Gasteiger partial charge in [0.05, 0.1) is 5.57 Å². The molecule has 5 heteroatoms. The van der Waals surface area contributed by atoms with Gasteiger partial charge in [0.15, 0.2) is 0 Å². The summed E-state index contributed by atoms with van der Waals surface area (Å²) in [7, 11) is 0. The summed E-state index contributed by atoms with van der Waals surface area (Å²) in [6.45, 7) is 4.01. The summed E-state index contributed by atoms with van der Waals surface area (Å²) >= 11 is 0. The molecule has 0 bridgehead atoms. The summed E-state index contributed by atoms with van der Waals surface area (Å²) in [5.74, 6) is -0.419. The van der Waals surface area contributed by atoms with Crippen molar-refractivity contribution in [2.75, 3.05) is 19.6 Å². The van der Waals surface area contributed by atoms with Crippen molar-refractivity contribution in [2.24, 2.45) is 5.92 Å². The molecule has 0 spiro atoms. The lowest BCUT2D eigenvalue weighted by molar-refractivity contribution is -0.137. The lowest BCUT2D eigenvalue weighted by Crippen LogP contribution is -2.39. The maximum Gasteiger partial charge on any atom is 0.277 e. The topological polar surface area (TPSA) is 40.6 Å². The summed E-state index contributed by atoms with van der Waals surface area (Å²) in [5, 5.41) is 0. The van der Waals surface area contributed by atoms with Crippen LogP contribution < -0.4 is 0 Å². The van der Waals surface area contributed by atoms with Crippen LogP contribution in [0.2, 0.25) is 0 Å². The lowest BCUT2D eigenvalue weighted by Gasteiger charge is -2.33. The predicted octanol–water partition coefficient (Wildman–Crippen LogP) is 3.88. The van der Waals surface area contributed by atoms with Crippen molar-refractivity contribution >= 4 is 17.4 Å². The fraction of sp³-hybridized carbons (Fsp3) is 0.333. The minimum absolute atomic E-state index is 0.237. The van der Waals surface area contributed by atoms with Crippen LogP contribution in [0.1, 0.15) is 30.9 Å². The molecule has 1 saturated heterocycles. The third-order valence-electron chi connectivity index (χ3n) is 5.72. The molecule has 0 radical (unpaired) electrons. The Bertz CT molecular complexity index is 937. The van der Waals surface area contributed by atoms with Crippen molar-refractivity contribution in [3.05, 3.63) is 77.2 Å². The lowest BCUT2D eigenvalue weighted by atomic mass is 9.98. The average Bonchev–Trinajstić information content (AvgIpc) is 2.98. The van der Waals surface area contributed by atoms with Crippen molar-refractivity contribution in [2.45, 2.75) is 26.2 Å². The van der Waals surface area contributed by atoms with Gasteiger partial charge >= 0.3 is 0 Å². The fourth-order valence-electron chi connectivity index (χ4n) is 4.21. The van der Waals surface area contributed by atoms with Crippen LogP contribution in [0.3, 0.4) is 0 Å². The second-order valence-corrected chi connectivity index (χ2v) is 7.92. The van der Waals surface area contributed by atoms with Gasteiger partial charge in [-0.25, -0.2) is 4.39 Å². The van der Waals surface area contributed by atoms with Gasteiger partial charge in [0, 0.05) is 19.6 Å². The average molecular weight is 392 g/mol. The van der Waals surface area contributed by atoms with E-state index in [1.54, 1.807) is 12.1 Å². The number of likely N-dealkylation sites (tertiary alicyclic amines) is 1. The van der Waals surface area contributed by atoms with Gasteiger partial charge in [-0.2, -0.15) is 0 Å². The first-order chi connectivity index (χ1) is 14.0. The van der Waals surface area contributed by atoms with Crippen molar-refractivity contribution in [1.29, 1.82) is 0 Å². The number of nitrogens with zero attached hydrogens (tertiary/aromatic N) is 2. The number of benzene rings is 2. The van der Waals surface area contributed by atoms with E-state index in [-0.39, 0.29) is 17.6 Å². The summed E-state index contributed by atoms with van der Waals surface area (Å²) in [6, 6.07) is 15.7. The van der Waals surface area contributed by atoms with Crippen molar-refractivity contribution in [1.82, 2.24) is 9.80 Å². The molecular weight excluding hydrogens is 367 g/mol. The van der Waals surface area contributed by atoms with Crippen LogP contribution in [0.5, 0.6) is 0 Å². The first-order valence-electron chi connectivity index (χ1n) is 10.2. The fourth-order valence-corrected chi connectivity index (χ4v) is 4.21. The Kier molecular flexibility index (Phi) is 5.47. The van der Waals surface area contributed by atoms with Crippen LogP contribution >= 0.6 is 0 Å². The number of carbonyl (C=O) groups excluding carboxylic acids is 2. The van der Waals surface area contributed by atoms with Crippen molar-refractivity contribution in [3.8, 4) is 0 Å². The molecule has 2 heterocycles. The van der Waals surface area contributed by atoms with E-state index in [0.717, 1.165) is 31.5 Å². The van der Waals surface area contributed by atoms with E-state index in [1.807, 2.05) is 30.3 Å². The van der Waals surface area contributed by atoms with E-state index in [2.05, 4.69) is 11.8 Å². The van der Waals surface area contributed by atoms with Gasteiger partial charge < -0.3 is 4.90 Å². The molecule has 2 amide bonds. The van der Waals surface area contributed by atoms with Gasteiger partial charge in [-0.15, -0.1) is 0 Å². The number of rotatable bonds is 5. The predicted molar refractivity (Wildman–Crippen MR) is 110 cm³/mol. The molecule has 0 aromatic heterocycles. The second-order valence-electron chi connectivity index (χ2n) is 7.92. The molecular formula is C24H25FN2O2. The SMILES string of the molecule is CC1CCCN(C2=C(c3ccc(F)cc3)C(=O)N(CCc3ccccc3)C2=O)C1. The quantitative estimate of drug-likeness (QED) is 0.725. The number of hydrogen-bond acceptors (Lipinski definition) is 3. The molecule has 1 fully saturated rings. The molecule has 150 valence electrons. The van der Waals surface area contributed by atoms with Crippen LogP contribution in [0, 0.1) is 11.7 Å². The normalized spacial score (nSPS) is 20.0. The number of carbonyl (C=O) groups is 2. The van der Waals surface area contributed by atoms with E-state index >= 15 is 0 Å².